The first kappa shape index (κ1) is 16.6. The maximum absolute atomic E-state index is 12.2. The molecule has 1 unspecified atom stereocenters. The third kappa shape index (κ3) is 4.93. The van der Waals surface area contributed by atoms with Crippen molar-refractivity contribution in [3.05, 3.63) is 24.4 Å². The number of carbonyl (C=O) groups is 1. The minimum absolute atomic E-state index is 0.106. The molecule has 112 valence electrons. The first-order valence-electron chi connectivity index (χ1n) is 7.24. The highest BCUT2D eigenvalue weighted by molar-refractivity contribution is 5.91. The Morgan fingerprint density at radius 3 is 2.55 bits per heavy atom. The largest absolute Gasteiger partial charge is 0.330 e. The van der Waals surface area contributed by atoms with Crippen LogP contribution in [0.25, 0.3) is 0 Å². The Hall–Kier alpha value is -1.42. The van der Waals surface area contributed by atoms with Crippen molar-refractivity contribution in [1.82, 2.24) is 4.98 Å². The van der Waals surface area contributed by atoms with Crippen LogP contribution in [0.15, 0.2) is 24.4 Å². The number of nitrogens with two attached hydrogens (primary N) is 1. The quantitative estimate of drug-likeness (QED) is 0.869. The van der Waals surface area contributed by atoms with Crippen LogP contribution in [0.3, 0.4) is 0 Å². The third-order valence-electron chi connectivity index (χ3n) is 3.81. The summed E-state index contributed by atoms with van der Waals surface area (Å²) in [4.78, 5) is 18.1. The van der Waals surface area contributed by atoms with Crippen molar-refractivity contribution < 1.29 is 4.79 Å². The Kier molecular flexibility index (Phi) is 6.14. The second-order valence-corrected chi connectivity index (χ2v) is 6.32. The van der Waals surface area contributed by atoms with Gasteiger partial charge in [0, 0.05) is 19.7 Å². The standard InChI is InChI=1S/C16H27N3O/c1-16(2,3)13(10-11-17)8-9-15(20)19(4)14-7-5-6-12-18-14/h5-7,12-13H,8-11,17H2,1-4H3. The molecule has 0 aliphatic carbocycles. The topological polar surface area (TPSA) is 59.2 Å². The van der Waals surface area contributed by atoms with E-state index in [1.165, 1.54) is 0 Å². The zero-order valence-electron chi connectivity index (χ0n) is 13.1. The van der Waals surface area contributed by atoms with E-state index in [1.807, 2.05) is 18.2 Å². The van der Waals surface area contributed by atoms with Crippen molar-refractivity contribution in [3.63, 3.8) is 0 Å². The van der Waals surface area contributed by atoms with Gasteiger partial charge in [-0.25, -0.2) is 4.98 Å². The summed E-state index contributed by atoms with van der Waals surface area (Å²) in [6.45, 7) is 7.30. The Labute approximate surface area is 122 Å². The molecule has 0 saturated heterocycles. The van der Waals surface area contributed by atoms with Gasteiger partial charge in [-0.3, -0.25) is 9.69 Å². The fourth-order valence-electron chi connectivity index (χ4n) is 2.36. The lowest BCUT2D eigenvalue weighted by Gasteiger charge is -2.30. The van der Waals surface area contributed by atoms with Gasteiger partial charge in [-0.15, -0.1) is 0 Å². The van der Waals surface area contributed by atoms with Gasteiger partial charge in [0.05, 0.1) is 0 Å². The van der Waals surface area contributed by atoms with Crippen molar-refractivity contribution in [2.24, 2.45) is 17.1 Å². The predicted octanol–water partition coefficient (Wildman–Crippen LogP) is 2.84. The Morgan fingerprint density at radius 2 is 2.05 bits per heavy atom. The van der Waals surface area contributed by atoms with Crippen molar-refractivity contribution >= 4 is 11.7 Å². The molecule has 2 N–H and O–H groups in total. The van der Waals surface area contributed by atoms with Gasteiger partial charge in [0.1, 0.15) is 5.82 Å². The highest BCUT2D eigenvalue weighted by Gasteiger charge is 2.25. The molecule has 1 rings (SSSR count). The molecule has 4 nitrogen and oxygen atoms in total. The zero-order chi connectivity index (χ0) is 15.2. The van der Waals surface area contributed by atoms with Gasteiger partial charge in [-0.2, -0.15) is 0 Å². The van der Waals surface area contributed by atoms with Crippen molar-refractivity contribution in [2.75, 3.05) is 18.5 Å². The van der Waals surface area contributed by atoms with Gasteiger partial charge in [-0.05, 0) is 42.9 Å². The highest BCUT2D eigenvalue weighted by atomic mass is 16.2. The van der Waals surface area contributed by atoms with E-state index in [2.05, 4.69) is 25.8 Å². The molecule has 1 aromatic rings. The molecule has 0 aromatic carbocycles. The molecule has 0 spiro atoms. The molecule has 0 aliphatic rings. The van der Waals surface area contributed by atoms with Crippen LogP contribution in [-0.2, 0) is 4.79 Å². The SMILES string of the molecule is CN(C(=O)CCC(CCN)C(C)(C)C)c1ccccn1. The number of hydrogen-bond donors (Lipinski definition) is 1. The zero-order valence-corrected chi connectivity index (χ0v) is 13.1. The van der Waals surface area contributed by atoms with Crippen LogP contribution >= 0.6 is 0 Å². The number of carbonyl (C=O) groups excluding carboxylic acids is 1. The predicted molar refractivity (Wildman–Crippen MR) is 83.5 cm³/mol. The molecule has 0 bridgehead atoms. The molecule has 20 heavy (non-hydrogen) atoms. The molecule has 0 radical (unpaired) electrons. The Morgan fingerprint density at radius 1 is 1.35 bits per heavy atom. The van der Waals surface area contributed by atoms with Gasteiger partial charge in [0.2, 0.25) is 5.91 Å². The van der Waals surface area contributed by atoms with Crippen LogP contribution < -0.4 is 10.6 Å². The van der Waals surface area contributed by atoms with E-state index in [4.69, 9.17) is 5.73 Å². The summed E-state index contributed by atoms with van der Waals surface area (Å²) in [7, 11) is 1.78. The van der Waals surface area contributed by atoms with Crippen molar-refractivity contribution in [3.8, 4) is 0 Å². The minimum Gasteiger partial charge on any atom is -0.330 e. The van der Waals surface area contributed by atoms with E-state index in [0.29, 0.717) is 24.7 Å². The number of anilines is 1. The number of nitrogens with zero attached hydrogens (tertiary/aromatic N) is 2. The summed E-state index contributed by atoms with van der Waals surface area (Å²) < 4.78 is 0. The lowest BCUT2D eigenvalue weighted by Crippen LogP contribution is -2.29. The average molecular weight is 277 g/mol. The molecular formula is C16H27N3O. The lowest BCUT2D eigenvalue weighted by atomic mass is 9.76. The summed E-state index contributed by atoms with van der Waals surface area (Å²) >= 11 is 0. The van der Waals surface area contributed by atoms with Gasteiger partial charge < -0.3 is 5.73 Å². The van der Waals surface area contributed by atoms with Crippen LogP contribution in [0.5, 0.6) is 0 Å². The molecule has 1 aromatic heterocycles. The molecule has 0 saturated carbocycles. The fraction of sp³-hybridized carbons (Fsp3) is 0.625. The normalized spacial score (nSPS) is 13.1. The summed E-state index contributed by atoms with van der Waals surface area (Å²) in [5.74, 6) is 1.27. The minimum atomic E-state index is 0.106. The van der Waals surface area contributed by atoms with E-state index >= 15 is 0 Å². The smallest absolute Gasteiger partial charge is 0.227 e. The number of hydrogen-bond acceptors (Lipinski definition) is 3. The second kappa shape index (κ2) is 7.39. The Bertz CT molecular complexity index is 411. The van der Waals surface area contributed by atoms with Crippen molar-refractivity contribution in [2.45, 2.75) is 40.0 Å². The lowest BCUT2D eigenvalue weighted by molar-refractivity contribution is -0.118. The second-order valence-electron chi connectivity index (χ2n) is 6.32. The maximum atomic E-state index is 12.2. The van der Waals surface area contributed by atoms with Crippen LogP contribution in [0.2, 0.25) is 0 Å². The van der Waals surface area contributed by atoms with E-state index in [1.54, 1.807) is 18.1 Å². The first-order chi connectivity index (χ1) is 9.36. The number of amides is 1. The fourth-order valence-corrected chi connectivity index (χ4v) is 2.36. The molecule has 0 aliphatic heterocycles. The van der Waals surface area contributed by atoms with Crippen molar-refractivity contribution in [1.29, 1.82) is 0 Å². The molecule has 1 amide bonds. The third-order valence-corrected chi connectivity index (χ3v) is 3.81. The Balaban J connectivity index is 2.57. The van der Waals surface area contributed by atoms with E-state index < -0.39 is 0 Å². The summed E-state index contributed by atoms with van der Waals surface area (Å²) in [6, 6.07) is 5.58. The first-order valence-corrected chi connectivity index (χ1v) is 7.24. The maximum Gasteiger partial charge on any atom is 0.227 e. The average Bonchev–Trinajstić information content (AvgIpc) is 2.42. The molecule has 1 heterocycles. The number of rotatable bonds is 6. The summed E-state index contributed by atoms with van der Waals surface area (Å²) in [6.07, 6.45) is 4.07. The highest BCUT2D eigenvalue weighted by Crippen LogP contribution is 2.32. The van der Waals surface area contributed by atoms with E-state index in [0.717, 1.165) is 12.8 Å². The summed E-state index contributed by atoms with van der Waals surface area (Å²) in [5, 5.41) is 0. The van der Waals surface area contributed by atoms with Crippen LogP contribution in [0.1, 0.15) is 40.0 Å². The van der Waals surface area contributed by atoms with Crippen LogP contribution in [0.4, 0.5) is 5.82 Å². The van der Waals surface area contributed by atoms with Gasteiger partial charge in [0.15, 0.2) is 0 Å². The number of pyridine rings is 1. The molecule has 0 fully saturated rings. The van der Waals surface area contributed by atoms with Gasteiger partial charge >= 0.3 is 0 Å². The van der Waals surface area contributed by atoms with Gasteiger partial charge in [0.25, 0.3) is 0 Å². The molecular weight excluding hydrogens is 250 g/mol. The molecule has 1 atom stereocenters. The van der Waals surface area contributed by atoms with Crippen LogP contribution in [-0.4, -0.2) is 24.5 Å². The van der Waals surface area contributed by atoms with E-state index in [-0.39, 0.29) is 11.3 Å². The van der Waals surface area contributed by atoms with Crippen LogP contribution in [0, 0.1) is 11.3 Å². The monoisotopic (exact) mass is 277 g/mol. The number of aromatic nitrogens is 1. The summed E-state index contributed by atoms with van der Waals surface area (Å²) in [5.41, 5.74) is 5.86. The van der Waals surface area contributed by atoms with E-state index in [9.17, 15) is 4.79 Å². The molecule has 4 heteroatoms. The van der Waals surface area contributed by atoms with Gasteiger partial charge in [-0.1, -0.05) is 26.8 Å².